The number of hydrogen-bond donors (Lipinski definition) is 2. The molecule has 1 heterocycles. The largest absolute Gasteiger partial charge is 0.374 e. The standard InChI is InChI=1S/C9H20N2O3S/c1-9(4-2-6-14-9)8-11-15(12,13)7-3-5-10/h11H,2-8,10H2,1H3. The lowest BCUT2D eigenvalue weighted by atomic mass is 10.0. The summed E-state index contributed by atoms with van der Waals surface area (Å²) in [6.45, 7) is 3.42. The Labute approximate surface area is 91.4 Å². The molecule has 0 aromatic rings. The summed E-state index contributed by atoms with van der Waals surface area (Å²) in [6, 6.07) is 0. The van der Waals surface area contributed by atoms with Gasteiger partial charge in [0.1, 0.15) is 0 Å². The van der Waals surface area contributed by atoms with Crippen LogP contribution in [0.1, 0.15) is 26.2 Å². The van der Waals surface area contributed by atoms with Crippen LogP contribution in [0.4, 0.5) is 0 Å². The van der Waals surface area contributed by atoms with Gasteiger partial charge in [-0.2, -0.15) is 0 Å². The van der Waals surface area contributed by atoms with Gasteiger partial charge in [0, 0.05) is 13.2 Å². The molecule has 0 spiro atoms. The van der Waals surface area contributed by atoms with Crippen molar-refractivity contribution in [3.05, 3.63) is 0 Å². The van der Waals surface area contributed by atoms with E-state index in [1.807, 2.05) is 6.92 Å². The van der Waals surface area contributed by atoms with Crippen molar-refractivity contribution in [1.82, 2.24) is 4.72 Å². The minimum Gasteiger partial charge on any atom is -0.374 e. The molecule has 5 nitrogen and oxygen atoms in total. The van der Waals surface area contributed by atoms with Gasteiger partial charge >= 0.3 is 0 Å². The number of sulfonamides is 1. The summed E-state index contributed by atoms with van der Waals surface area (Å²) in [6.07, 6.45) is 2.40. The molecule has 1 rings (SSSR count). The van der Waals surface area contributed by atoms with Gasteiger partial charge in [0.2, 0.25) is 10.0 Å². The molecule has 6 heteroatoms. The van der Waals surface area contributed by atoms with Gasteiger partial charge in [-0.1, -0.05) is 0 Å². The summed E-state index contributed by atoms with van der Waals surface area (Å²) < 4.78 is 31.0. The molecule has 90 valence electrons. The van der Waals surface area contributed by atoms with Gasteiger partial charge in [0.25, 0.3) is 0 Å². The molecular weight excluding hydrogens is 216 g/mol. The predicted molar refractivity (Wildman–Crippen MR) is 59.1 cm³/mol. The molecule has 0 amide bonds. The van der Waals surface area contributed by atoms with Crippen molar-refractivity contribution in [3.8, 4) is 0 Å². The minimum atomic E-state index is -3.18. The van der Waals surface area contributed by atoms with Crippen molar-refractivity contribution in [2.45, 2.75) is 31.8 Å². The highest BCUT2D eigenvalue weighted by atomic mass is 32.2. The van der Waals surface area contributed by atoms with Crippen molar-refractivity contribution in [2.24, 2.45) is 5.73 Å². The van der Waals surface area contributed by atoms with Crippen LogP contribution in [-0.2, 0) is 14.8 Å². The Morgan fingerprint density at radius 3 is 2.80 bits per heavy atom. The Morgan fingerprint density at radius 1 is 1.53 bits per heavy atom. The zero-order valence-corrected chi connectivity index (χ0v) is 9.98. The highest BCUT2D eigenvalue weighted by molar-refractivity contribution is 7.89. The van der Waals surface area contributed by atoms with Crippen LogP contribution in [0.5, 0.6) is 0 Å². The maximum absolute atomic E-state index is 11.5. The fraction of sp³-hybridized carbons (Fsp3) is 1.00. The first-order valence-electron chi connectivity index (χ1n) is 5.29. The van der Waals surface area contributed by atoms with Crippen LogP contribution >= 0.6 is 0 Å². The number of hydrogen-bond acceptors (Lipinski definition) is 4. The fourth-order valence-corrected chi connectivity index (χ4v) is 2.80. The zero-order chi connectivity index (χ0) is 11.4. The molecule has 1 aliphatic heterocycles. The molecular formula is C9H20N2O3S. The van der Waals surface area contributed by atoms with Crippen LogP contribution in [0, 0.1) is 0 Å². The molecule has 0 aliphatic carbocycles. The molecule has 1 atom stereocenters. The summed E-state index contributed by atoms with van der Waals surface area (Å²) >= 11 is 0. The summed E-state index contributed by atoms with van der Waals surface area (Å²) in [7, 11) is -3.18. The Bertz CT molecular complexity index is 284. The highest BCUT2D eigenvalue weighted by Gasteiger charge is 2.30. The maximum atomic E-state index is 11.5. The van der Waals surface area contributed by atoms with Crippen LogP contribution in [0.3, 0.4) is 0 Å². The third-order valence-electron chi connectivity index (χ3n) is 2.58. The monoisotopic (exact) mass is 236 g/mol. The van der Waals surface area contributed by atoms with Crippen molar-refractivity contribution in [1.29, 1.82) is 0 Å². The van der Waals surface area contributed by atoms with Gasteiger partial charge in [-0.25, -0.2) is 13.1 Å². The first-order chi connectivity index (χ1) is 6.97. The molecule has 3 N–H and O–H groups in total. The quantitative estimate of drug-likeness (QED) is 0.670. The van der Waals surface area contributed by atoms with E-state index < -0.39 is 10.0 Å². The average molecular weight is 236 g/mol. The lowest BCUT2D eigenvalue weighted by molar-refractivity contribution is 0.0250. The van der Waals surface area contributed by atoms with E-state index in [0.717, 1.165) is 19.4 Å². The highest BCUT2D eigenvalue weighted by Crippen LogP contribution is 2.24. The van der Waals surface area contributed by atoms with Crippen molar-refractivity contribution in [2.75, 3.05) is 25.4 Å². The lowest BCUT2D eigenvalue weighted by Crippen LogP contribution is -2.41. The molecule has 0 radical (unpaired) electrons. The molecule has 1 aliphatic rings. The van der Waals surface area contributed by atoms with Gasteiger partial charge in [0.05, 0.1) is 11.4 Å². The first-order valence-corrected chi connectivity index (χ1v) is 6.94. The average Bonchev–Trinajstić information content (AvgIpc) is 2.61. The van der Waals surface area contributed by atoms with Gasteiger partial charge in [0.15, 0.2) is 0 Å². The molecule has 0 aromatic heterocycles. The zero-order valence-electron chi connectivity index (χ0n) is 9.16. The van der Waals surface area contributed by atoms with E-state index in [9.17, 15) is 8.42 Å². The van der Waals surface area contributed by atoms with Crippen LogP contribution < -0.4 is 10.5 Å². The first kappa shape index (κ1) is 12.9. The van der Waals surface area contributed by atoms with Gasteiger partial charge in [-0.15, -0.1) is 0 Å². The van der Waals surface area contributed by atoms with Crippen molar-refractivity contribution in [3.63, 3.8) is 0 Å². The molecule has 0 saturated carbocycles. The maximum Gasteiger partial charge on any atom is 0.211 e. The van der Waals surface area contributed by atoms with Crippen LogP contribution in [0.2, 0.25) is 0 Å². The van der Waals surface area contributed by atoms with E-state index in [4.69, 9.17) is 10.5 Å². The third-order valence-corrected chi connectivity index (χ3v) is 3.99. The molecule has 15 heavy (non-hydrogen) atoms. The van der Waals surface area contributed by atoms with Gasteiger partial charge < -0.3 is 10.5 Å². The Kier molecular flexibility index (Phi) is 4.51. The summed E-state index contributed by atoms with van der Waals surface area (Å²) in [5.74, 6) is 0.0968. The molecule has 0 aromatic carbocycles. The Morgan fingerprint density at radius 2 is 2.27 bits per heavy atom. The second-order valence-corrected chi connectivity index (χ2v) is 6.11. The van der Waals surface area contributed by atoms with E-state index in [1.165, 1.54) is 0 Å². The Balaban J connectivity index is 2.35. The molecule has 1 unspecified atom stereocenters. The number of ether oxygens (including phenoxy) is 1. The van der Waals surface area contributed by atoms with E-state index >= 15 is 0 Å². The molecule has 0 bridgehead atoms. The smallest absolute Gasteiger partial charge is 0.211 e. The number of nitrogens with two attached hydrogens (primary N) is 1. The van der Waals surface area contributed by atoms with Crippen LogP contribution in [-0.4, -0.2) is 39.5 Å². The Hall–Kier alpha value is -0.170. The fourth-order valence-electron chi connectivity index (χ4n) is 1.58. The van der Waals surface area contributed by atoms with Gasteiger partial charge in [-0.3, -0.25) is 0 Å². The molecule has 1 fully saturated rings. The molecule has 1 saturated heterocycles. The third kappa shape index (κ3) is 4.46. The van der Waals surface area contributed by atoms with E-state index in [1.54, 1.807) is 0 Å². The van der Waals surface area contributed by atoms with Gasteiger partial charge in [-0.05, 0) is 32.7 Å². The topological polar surface area (TPSA) is 81.4 Å². The SMILES string of the molecule is CC1(CNS(=O)(=O)CCCN)CCCO1. The number of nitrogens with one attached hydrogen (secondary N) is 1. The summed E-state index contributed by atoms with van der Waals surface area (Å²) in [5.41, 5.74) is 4.94. The second-order valence-electron chi connectivity index (χ2n) is 4.18. The number of rotatable bonds is 6. The van der Waals surface area contributed by atoms with E-state index in [2.05, 4.69) is 4.72 Å². The summed E-state index contributed by atoms with van der Waals surface area (Å²) in [4.78, 5) is 0. The second kappa shape index (κ2) is 5.25. The van der Waals surface area contributed by atoms with Crippen LogP contribution in [0.15, 0.2) is 0 Å². The normalized spacial score (nSPS) is 27.1. The minimum absolute atomic E-state index is 0.0968. The van der Waals surface area contributed by atoms with E-state index in [-0.39, 0.29) is 11.4 Å². The van der Waals surface area contributed by atoms with E-state index in [0.29, 0.717) is 19.5 Å². The predicted octanol–water partition coefficient (Wildman–Crippen LogP) is -0.176. The van der Waals surface area contributed by atoms with Crippen molar-refractivity contribution < 1.29 is 13.2 Å². The van der Waals surface area contributed by atoms with Crippen LogP contribution in [0.25, 0.3) is 0 Å². The lowest BCUT2D eigenvalue weighted by Gasteiger charge is -2.23. The summed E-state index contributed by atoms with van der Waals surface area (Å²) in [5, 5.41) is 0. The van der Waals surface area contributed by atoms with Crippen molar-refractivity contribution >= 4 is 10.0 Å².